The maximum Gasteiger partial charge on any atom is 0.323 e. The molecule has 0 bridgehead atoms. The predicted octanol–water partition coefficient (Wildman–Crippen LogP) is 4.27. The smallest absolute Gasteiger partial charge is 0.323 e. The van der Waals surface area contributed by atoms with Crippen LogP contribution in [-0.4, -0.2) is 20.6 Å². The van der Waals surface area contributed by atoms with Gasteiger partial charge in [-0.3, -0.25) is 0 Å². The molecule has 8 heteroatoms. The van der Waals surface area contributed by atoms with Gasteiger partial charge >= 0.3 is 6.03 Å². The first-order valence-corrected chi connectivity index (χ1v) is 9.67. The van der Waals surface area contributed by atoms with E-state index in [2.05, 4.69) is 25.2 Å². The normalized spacial score (nSPS) is 12.7. The van der Waals surface area contributed by atoms with Crippen LogP contribution in [0, 0.1) is 5.82 Å². The van der Waals surface area contributed by atoms with Crippen LogP contribution in [0.2, 0.25) is 0 Å². The molecule has 0 aliphatic heterocycles. The van der Waals surface area contributed by atoms with Gasteiger partial charge in [0.1, 0.15) is 17.7 Å². The van der Waals surface area contributed by atoms with Crippen molar-refractivity contribution in [3.63, 3.8) is 0 Å². The average Bonchev–Trinajstić information content (AvgIpc) is 3.32. The molecule has 0 fully saturated rings. The van der Waals surface area contributed by atoms with Crippen LogP contribution in [0.5, 0.6) is 0 Å². The number of anilines is 3. The fourth-order valence-electron chi connectivity index (χ4n) is 4.00. The van der Waals surface area contributed by atoms with Gasteiger partial charge in [-0.1, -0.05) is 0 Å². The Bertz CT molecular complexity index is 1250. The lowest BCUT2D eigenvalue weighted by Gasteiger charge is -2.12. The first kappa shape index (κ1) is 18.1. The average molecular weight is 402 g/mol. The highest BCUT2D eigenvalue weighted by Crippen LogP contribution is 2.36. The van der Waals surface area contributed by atoms with E-state index >= 15 is 0 Å². The molecule has 2 heterocycles. The number of nitrogens with one attached hydrogen (secondary N) is 2. The minimum atomic E-state index is -0.403. The van der Waals surface area contributed by atoms with Gasteiger partial charge in [0.25, 0.3) is 0 Å². The number of carbonyl (C=O) groups excluding carboxylic acids is 1. The zero-order valence-corrected chi connectivity index (χ0v) is 16.0. The summed E-state index contributed by atoms with van der Waals surface area (Å²) in [6.45, 7) is 0. The first-order valence-electron chi connectivity index (χ1n) is 9.67. The molecule has 150 valence electrons. The van der Waals surface area contributed by atoms with E-state index in [1.54, 1.807) is 0 Å². The molecule has 30 heavy (non-hydrogen) atoms. The number of aryl methyl sites for hydroxylation is 1. The Balaban J connectivity index is 1.41. The van der Waals surface area contributed by atoms with E-state index in [0.29, 0.717) is 17.2 Å². The van der Waals surface area contributed by atoms with Gasteiger partial charge < -0.3 is 20.9 Å². The molecular weight excluding hydrogens is 383 g/mol. The Morgan fingerprint density at radius 3 is 2.33 bits per heavy atom. The summed E-state index contributed by atoms with van der Waals surface area (Å²) in [7, 11) is 0. The Morgan fingerprint density at radius 2 is 1.63 bits per heavy atom. The van der Waals surface area contributed by atoms with Gasteiger partial charge in [0, 0.05) is 22.8 Å². The fourth-order valence-corrected chi connectivity index (χ4v) is 4.00. The molecule has 0 saturated heterocycles. The number of rotatable bonds is 3. The highest BCUT2D eigenvalue weighted by atomic mass is 19.1. The molecule has 1 aliphatic rings. The molecule has 0 atom stereocenters. The van der Waals surface area contributed by atoms with Gasteiger partial charge in [-0.15, -0.1) is 0 Å². The van der Waals surface area contributed by atoms with Crippen LogP contribution < -0.4 is 16.4 Å². The lowest BCUT2D eigenvalue weighted by atomic mass is 10.2. The van der Waals surface area contributed by atoms with Crippen molar-refractivity contribution in [1.82, 2.24) is 14.5 Å². The number of halogens is 1. The predicted molar refractivity (Wildman–Crippen MR) is 114 cm³/mol. The van der Waals surface area contributed by atoms with Crippen molar-refractivity contribution in [3.8, 4) is 5.69 Å². The van der Waals surface area contributed by atoms with Crippen LogP contribution in [0.3, 0.4) is 0 Å². The van der Waals surface area contributed by atoms with Crippen LogP contribution in [-0.2, 0) is 12.8 Å². The molecular formula is C22H19FN6O. The quantitative estimate of drug-likeness (QED) is 0.477. The molecule has 1 aliphatic carbocycles. The van der Waals surface area contributed by atoms with E-state index in [0.717, 1.165) is 36.0 Å². The topological polar surface area (TPSA) is 97.9 Å². The number of nitrogens with two attached hydrogens (primary N) is 1. The van der Waals surface area contributed by atoms with Gasteiger partial charge in [0.05, 0.1) is 5.52 Å². The Kier molecular flexibility index (Phi) is 4.31. The first-order chi connectivity index (χ1) is 14.6. The second kappa shape index (κ2) is 7.14. The van der Waals surface area contributed by atoms with E-state index in [9.17, 15) is 9.18 Å². The highest BCUT2D eigenvalue weighted by Gasteiger charge is 2.25. The van der Waals surface area contributed by atoms with E-state index in [1.807, 2.05) is 24.3 Å². The molecule has 0 radical (unpaired) electrons. The number of amides is 2. The van der Waals surface area contributed by atoms with Crippen molar-refractivity contribution < 1.29 is 9.18 Å². The SMILES string of the molecule is Nc1ncnc2c3c(n(-c4ccc(NC(=O)Nc5ccc(F)cc5)cc4)c12)CCC3. The molecule has 2 aromatic carbocycles. The molecule has 4 aromatic rings. The Morgan fingerprint density at radius 1 is 0.967 bits per heavy atom. The Hall–Kier alpha value is -3.94. The molecule has 7 nitrogen and oxygen atoms in total. The minimum absolute atomic E-state index is 0.355. The number of fused-ring (bicyclic) bond motifs is 3. The van der Waals surface area contributed by atoms with Crippen LogP contribution >= 0.6 is 0 Å². The van der Waals surface area contributed by atoms with Crippen LogP contribution in [0.25, 0.3) is 16.7 Å². The van der Waals surface area contributed by atoms with Gasteiger partial charge in [-0.05, 0) is 73.4 Å². The lowest BCUT2D eigenvalue weighted by Crippen LogP contribution is -2.19. The fraction of sp³-hybridized carbons (Fsp3) is 0.136. The molecule has 5 rings (SSSR count). The number of nitrogens with zero attached hydrogens (tertiary/aromatic N) is 3. The van der Waals surface area contributed by atoms with Gasteiger partial charge in [-0.2, -0.15) is 0 Å². The summed E-state index contributed by atoms with van der Waals surface area (Å²) < 4.78 is 15.1. The van der Waals surface area contributed by atoms with Crippen LogP contribution in [0.4, 0.5) is 26.4 Å². The molecule has 0 unspecified atom stereocenters. The summed E-state index contributed by atoms with van der Waals surface area (Å²) in [6.07, 6.45) is 4.55. The standard InChI is InChI=1S/C22H19FN6O/c23-13-4-6-14(7-5-13)27-22(30)28-15-8-10-16(11-9-15)29-18-3-1-2-17(18)19-20(29)21(24)26-12-25-19/h4-12H,1-3H2,(H2,24,25,26)(H2,27,28,30). The largest absolute Gasteiger partial charge is 0.382 e. The molecule has 4 N–H and O–H groups in total. The Labute approximate surface area is 171 Å². The van der Waals surface area contributed by atoms with E-state index in [4.69, 9.17) is 5.73 Å². The number of aromatic nitrogens is 3. The number of benzene rings is 2. The monoisotopic (exact) mass is 402 g/mol. The summed E-state index contributed by atoms with van der Waals surface area (Å²) in [5, 5.41) is 5.45. The van der Waals surface area contributed by atoms with Crippen LogP contribution in [0.15, 0.2) is 54.9 Å². The van der Waals surface area contributed by atoms with Crippen molar-refractivity contribution in [2.75, 3.05) is 16.4 Å². The maximum atomic E-state index is 13.0. The number of urea groups is 1. The van der Waals surface area contributed by atoms with Crippen molar-refractivity contribution in [3.05, 3.63) is 71.9 Å². The summed E-state index contributed by atoms with van der Waals surface area (Å²) in [5.41, 5.74) is 12.5. The molecule has 0 saturated carbocycles. The van der Waals surface area contributed by atoms with Gasteiger partial charge in [-0.25, -0.2) is 19.2 Å². The van der Waals surface area contributed by atoms with Gasteiger partial charge in [0.2, 0.25) is 0 Å². The van der Waals surface area contributed by atoms with E-state index < -0.39 is 6.03 Å². The summed E-state index contributed by atoms with van der Waals surface area (Å²) >= 11 is 0. The van der Waals surface area contributed by atoms with E-state index in [-0.39, 0.29) is 5.82 Å². The minimum Gasteiger partial charge on any atom is -0.382 e. The number of carbonyl (C=O) groups is 1. The van der Waals surface area contributed by atoms with Crippen LogP contribution in [0.1, 0.15) is 17.7 Å². The zero-order chi connectivity index (χ0) is 20.7. The lowest BCUT2D eigenvalue weighted by molar-refractivity contribution is 0.262. The summed E-state index contributed by atoms with van der Waals surface area (Å²) in [5.74, 6) is 0.0990. The van der Waals surface area contributed by atoms with E-state index in [1.165, 1.54) is 41.9 Å². The third kappa shape index (κ3) is 3.12. The zero-order valence-electron chi connectivity index (χ0n) is 16.0. The van der Waals surface area contributed by atoms with Crippen molar-refractivity contribution in [1.29, 1.82) is 0 Å². The number of nitrogen functional groups attached to an aromatic ring is 1. The highest BCUT2D eigenvalue weighted by molar-refractivity contribution is 5.99. The molecule has 2 aromatic heterocycles. The summed E-state index contributed by atoms with van der Waals surface area (Å²) in [4.78, 5) is 20.8. The molecule has 2 amide bonds. The van der Waals surface area contributed by atoms with Gasteiger partial charge in [0.15, 0.2) is 5.82 Å². The van der Waals surface area contributed by atoms with Crippen molar-refractivity contribution in [2.45, 2.75) is 19.3 Å². The summed E-state index contributed by atoms with van der Waals surface area (Å²) in [6, 6.07) is 12.7. The van der Waals surface area contributed by atoms with Crippen molar-refractivity contribution >= 4 is 34.3 Å². The third-order valence-corrected chi connectivity index (χ3v) is 5.30. The van der Waals surface area contributed by atoms with Crippen molar-refractivity contribution in [2.24, 2.45) is 0 Å². The molecule has 0 spiro atoms. The maximum absolute atomic E-state index is 13.0. The number of hydrogen-bond acceptors (Lipinski definition) is 4. The second-order valence-electron chi connectivity index (χ2n) is 7.20. The second-order valence-corrected chi connectivity index (χ2v) is 7.20. The number of hydrogen-bond donors (Lipinski definition) is 3. The third-order valence-electron chi connectivity index (χ3n) is 5.30.